The van der Waals surface area contributed by atoms with Crippen LogP contribution in [-0.4, -0.2) is 34.2 Å². The van der Waals surface area contributed by atoms with Crippen LogP contribution in [0.4, 0.5) is 24.7 Å². The second kappa shape index (κ2) is 9.52. The van der Waals surface area contributed by atoms with Crippen LogP contribution in [-0.2, 0) is 6.18 Å². The van der Waals surface area contributed by atoms with E-state index < -0.39 is 11.7 Å². The largest absolute Gasteiger partial charge is 0.417 e. The molecule has 2 aromatic heterocycles. The molecule has 1 saturated heterocycles. The van der Waals surface area contributed by atoms with Crippen LogP contribution in [0, 0.1) is 0 Å². The van der Waals surface area contributed by atoms with E-state index in [9.17, 15) is 13.2 Å². The first-order valence-corrected chi connectivity index (χ1v) is 10.7. The summed E-state index contributed by atoms with van der Waals surface area (Å²) in [5.41, 5.74) is 0.842. The molecule has 0 aliphatic carbocycles. The van der Waals surface area contributed by atoms with Gasteiger partial charge in [-0.15, -0.1) is 0 Å². The summed E-state index contributed by atoms with van der Waals surface area (Å²) < 4.78 is 40.3. The number of aromatic nitrogens is 2. The summed E-state index contributed by atoms with van der Waals surface area (Å²) in [6, 6.07) is 12.9. The number of anilines is 2. The van der Waals surface area contributed by atoms with Gasteiger partial charge in [-0.3, -0.25) is 4.98 Å². The zero-order valence-corrected chi connectivity index (χ0v) is 18.0. The van der Waals surface area contributed by atoms with Gasteiger partial charge in [0.2, 0.25) is 0 Å². The van der Waals surface area contributed by atoms with E-state index in [1.165, 1.54) is 12.1 Å². The molecule has 1 aliphatic heterocycles. The van der Waals surface area contributed by atoms with Gasteiger partial charge in [0.25, 0.3) is 0 Å². The summed E-state index contributed by atoms with van der Waals surface area (Å²) in [5.74, 6) is 0.675. The van der Waals surface area contributed by atoms with Crippen LogP contribution in [0.15, 0.2) is 67.1 Å². The van der Waals surface area contributed by atoms with Crippen LogP contribution in [0.5, 0.6) is 0 Å². The van der Waals surface area contributed by atoms with Crippen molar-refractivity contribution in [2.24, 2.45) is 0 Å². The van der Waals surface area contributed by atoms with E-state index in [4.69, 9.17) is 12.2 Å². The minimum atomic E-state index is -4.41. The Morgan fingerprint density at radius 2 is 1.81 bits per heavy atom. The minimum absolute atomic E-state index is 0.159. The monoisotopic (exact) mass is 457 g/mol. The molecular weight excluding hydrogens is 435 g/mol. The lowest BCUT2D eigenvalue weighted by Gasteiger charge is -2.34. The minimum Gasteiger partial charge on any atom is -0.360 e. The van der Waals surface area contributed by atoms with Crippen molar-refractivity contribution >= 4 is 28.8 Å². The smallest absolute Gasteiger partial charge is 0.360 e. The van der Waals surface area contributed by atoms with Gasteiger partial charge < -0.3 is 15.5 Å². The number of alkyl halides is 3. The molecule has 3 aromatic rings. The highest BCUT2D eigenvalue weighted by Gasteiger charge is 2.33. The van der Waals surface area contributed by atoms with E-state index in [2.05, 4.69) is 25.5 Å². The Bertz CT molecular complexity index is 1070. The molecule has 32 heavy (non-hydrogen) atoms. The van der Waals surface area contributed by atoms with Crippen molar-refractivity contribution in [3.05, 3.63) is 72.7 Å². The van der Waals surface area contributed by atoms with Crippen molar-refractivity contribution in [2.75, 3.05) is 23.3 Å². The summed E-state index contributed by atoms with van der Waals surface area (Å²) in [7, 11) is 0. The number of piperidine rings is 1. The van der Waals surface area contributed by atoms with Gasteiger partial charge in [0.05, 0.1) is 17.4 Å². The number of hydrogen-bond donors (Lipinski definition) is 2. The van der Waals surface area contributed by atoms with Crippen LogP contribution >= 0.6 is 12.2 Å². The van der Waals surface area contributed by atoms with E-state index in [-0.39, 0.29) is 11.6 Å². The summed E-state index contributed by atoms with van der Waals surface area (Å²) in [6.07, 6.45) is 2.22. The number of hydrogen-bond acceptors (Lipinski definition) is 4. The third-order valence-electron chi connectivity index (χ3n) is 5.36. The van der Waals surface area contributed by atoms with Crippen molar-refractivity contribution < 1.29 is 13.2 Å². The molecule has 5 nitrogen and oxygen atoms in total. The van der Waals surface area contributed by atoms with Crippen LogP contribution in [0.25, 0.3) is 11.1 Å². The van der Waals surface area contributed by atoms with Gasteiger partial charge in [-0.2, -0.15) is 13.2 Å². The standard InChI is InChI=1S/C23H22F3N5S/c24-23(25,26)20-6-2-1-5-19(20)16-7-11-28-21(14-16)31-12-8-17(9-13-31)29-22(32)30-18-4-3-10-27-15-18/h1-7,10-11,14-15,17H,8-9,12-13H2,(H2,29,30,32). The number of pyridine rings is 2. The third-order valence-corrected chi connectivity index (χ3v) is 5.58. The van der Waals surface area contributed by atoms with Crippen LogP contribution in [0.3, 0.4) is 0 Å². The van der Waals surface area contributed by atoms with Gasteiger partial charge in [0.15, 0.2) is 5.11 Å². The fourth-order valence-electron chi connectivity index (χ4n) is 3.78. The molecule has 166 valence electrons. The van der Waals surface area contributed by atoms with Gasteiger partial charge in [-0.1, -0.05) is 18.2 Å². The van der Waals surface area contributed by atoms with Crippen molar-refractivity contribution in [1.82, 2.24) is 15.3 Å². The Hall–Kier alpha value is -3.20. The molecule has 4 rings (SSSR count). The summed E-state index contributed by atoms with van der Waals surface area (Å²) in [4.78, 5) is 10.5. The van der Waals surface area contributed by atoms with Crippen molar-refractivity contribution in [2.45, 2.75) is 25.1 Å². The first-order chi connectivity index (χ1) is 15.4. The SMILES string of the molecule is FC(F)(F)c1ccccc1-c1ccnc(N2CCC(NC(=S)Nc3cccnc3)CC2)c1. The highest BCUT2D eigenvalue weighted by Crippen LogP contribution is 2.37. The Balaban J connectivity index is 1.39. The molecular formula is C23H22F3N5S. The maximum atomic E-state index is 13.4. The molecule has 0 spiro atoms. The lowest BCUT2D eigenvalue weighted by molar-refractivity contribution is -0.137. The molecule has 2 N–H and O–H groups in total. The van der Waals surface area contributed by atoms with Crippen molar-refractivity contribution in [3.8, 4) is 11.1 Å². The van der Waals surface area contributed by atoms with E-state index in [0.717, 1.165) is 37.7 Å². The number of thiocarbonyl (C=S) groups is 1. The fraction of sp³-hybridized carbons (Fsp3) is 0.261. The number of nitrogens with one attached hydrogen (secondary N) is 2. The molecule has 1 aliphatic rings. The number of halogens is 3. The first kappa shape index (κ1) is 22.0. The van der Waals surface area contributed by atoms with Gasteiger partial charge in [0, 0.05) is 31.5 Å². The summed E-state index contributed by atoms with van der Waals surface area (Å²) in [6.45, 7) is 1.45. The number of benzene rings is 1. The molecule has 9 heteroatoms. The van der Waals surface area contributed by atoms with Gasteiger partial charge in [-0.05, 0) is 66.5 Å². The molecule has 0 amide bonds. The normalized spacial score (nSPS) is 14.8. The maximum absolute atomic E-state index is 13.4. The summed E-state index contributed by atoms with van der Waals surface area (Å²) in [5, 5.41) is 6.98. The van der Waals surface area contributed by atoms with E-state index >= 15 is 0 Å². The molecule has 0 radical (unpaired) electrons. The van der Waals surface area contributed by atoms with E-state index in [1.54, 1.807) is 36.8 Å². The van der Waals surface area contributed by atoms with Gasteiger partial charge in [0.1, 0.15) is 5.82 Å². The lowest BCUT2D eigenvalue weighted by atomic mass is 9.99. The Kier molecular flexibility index (Phi) is 6.55. The second-order valence-corrected chi connectivity index (χ2v) is 7.96. The van der Waals surface area contributed by atoms with Gasteiger partial charge in [-0.25, -0.2) is 4.98 Å². The topological polar surface area (TPSA) is 53.1 Å². The molecule has 0 unspecified atom stereocenters. The zero-order valence-electron chi connectivity index (χ0n) is 17.1. The summed E-state index contributed by atoms with van der Waals surface area (Å²) >= 11 is 5.39. The quantitative estimate of drug-likeness (QED) is 0.531. The van der Waals surface area contributed by atoms with Gasteiger partial charge >= 0.3 is 6.18 Å². The van der Waals surface area contributed by atoms with Crippen molar-refractivity contribution in [3.63, 3.8) is 0 Å². The van der Waals surface area contributed by atoms with Crippen LogP contribution in [0.2, 0.25) is 0 Å². The van der Waals surface area contributed by atoms with E-state index in [1.807, 2.05) is 12.1 Å². The van der Waals surface area contributed by atoms with E-state index in [0.29, 0.717) is 16.5 Å². The first-order valence-electron chi connectivity index (χ1n) is 10.3. The molecule has 0 bridgehead atoms. The lowest BCUT2D eigenvalue weighted by Crippen LogP contribution is -2.46. The highest BCUT2D eigenvalue weighted by atomic mass is 32.1. The Labute approximate surface area is 189 Å². The van der Waals surface area contributed by atoms with Crippen LogP contribution in [0.1, 0.15) is 18.4 Å². The predicted molar refractivity (Wildman–Crippen MR) is 124 cm³/mol. The zero-order chi connectivity index (χ0) is 22.6. The molecule has 1 fully saturated rings. The Morgan fingerprint density at radius 3 is 2.53 bits per heavy atom. The predicted octanol–water partition coefficient (Wildman–Crippen LogP) is 5.12. The Morgan fingerprint density at radius 1 is 1.03 bits per heavy atom. The van der Waals surface area contributed by atoms with Crippen molar-refractivity contribution in [1.29, 1.82) is 0 Å². The third kappa shape index (κ3) is 5.34. The maximum Gasteiger partial charge on any atom is 0.417 e. The average molecular weight is 458 g/mol. The molecule has 1 aromatic carbocycles. The highest BCUT2D eigenvalue weighted by molar-refractivity contribution is 7.80. The molecule has 0 saturated carbocycles. The van der Waals surface area contributed by atoms with Crippen LogP contribution < -0.4 is 15.5 Å². The molecule has 0 atom stereocenters. The fourth-order valence-corrected chi connectivity index (χ4v) is 4.07. The molecule has 3 heterocycles. The number of rotatable bonds is 4. The number of nitrogens with zero attached hydrogens (tertiary/aromatic N) is 3. The average Bonchev–Trinajstić information content (AvgIpc) is 2.80. The second-order valence-electron chi connectivity index (χ2n) is 7.55.